The number of methoxy groups -OCH3 is 2. The highest BCUT2D eigenvalue weighted by Crippen LogP contribution is 2.36. The number of para-hydroxylation sites is 2. The van der Waals surface area contributed by atoms with Crippen molar-refractivity contribution in [3.8, 4) is 22.9 Å². The molecule has 0 aliphatic rings. The molecule has 158 valence electrons. The summed E-state index contributed by atoms with van der Waals surface area (Å²) in [7, 11) is 3.05. The summed E-state index contributed by atoms with van der Waals surface area (Å²) >= 11 is 0. The lowest BCUT2D eigenvalue weighted by Gasteiger charge is -2.16. The van der Waals surface area contributed by atoms with Crippen LogP contribution in [0.15, 0.2) is 54.6 Å². The van der Waals surface area contributed by atoms with E-state index in [0.717, 1.165) is 11.4 Å². The van der Waals surface area contributed by atoms with E-state index in [-0.39, 0.29) is 24.8 Å². The number of aryl methyl sites for hydroxylation is 1. The van der Waals surface area contributed by atoms with Crippen LogP contribution in [0.3, 0.4) is 0 Å². The van der Waals surface area contributed by atoms with Crippen LogP contribution in [0, 0.1) is 6.92 Å². The molecule has 3 aromatic rings. The number of aromatic nitrogens is 2. The van der Waals surface area contributed by atoms with Crippen LogP contribution in [0.4, 0.5) is 0 Å². The van der Waals surface area contributed by atoms with Gasteiger partial charge in [-0.15, -0.1) is 0 Å². The monoisotopic (exact) mass is 411 g/mol. The number of benzene rings is 2. The number of aliphatic hydroxyl groups is 1. The van der Waals surface area contributed by atoms with E-state index in [0.29, 0.717) is 17.2 Å². The van der Waals surface area contributed by atoms with Crippen LogP contribution in [0.2, 0.25) is 0 Å². The van der Waals surface area contributed by atoms with Crippen molar-refractivity contribution in [3.05, 3.63) is 66.0 Å². The van der Waals surface area contributed by atoms with Gasteiger partial charge < -0.3 is 24.6 Å². The summed E-state index contributed by atoms with van der Waals surface area (Å²) in [5, 5.41) is 17.3. The molecule has 1 heterocycles. The van der Waals surface area contributed by atoms with Gasteiger partial charge in [0.05, 0.1) is 19.9 Å². The Morgan fingerprint density at radius 2 is 1.77 bits per heavy atom. The lowest BCUT2D eigenvalue weighted by Crippen LogP contribution is -2.35. The van der Waals surface area contributed by atoms with Crippen LogP contribution in [0.5, 0.6) is 17.2 Å². The molecule has 0 aliphatic carbocycles. The average molecular weight is 411 g/mol. The van der Waals surface area contributed by atoms with Gasteiger partial charge in [0.1, 0.15) is 12.7 Å². The van der Waals surface area contributed by atoms with Gasteiger partial charge in [-0.05, 0) is 37.3 Å². The molecule has 1 aromatic heterocycles. The Balaban J connectivity index is 1.57. The van der Waals surface area contributed by atoms with Crippen molar-refractivity contribution in [2.45, 2.75) is 13.0 Å². The first-order valence-corrected chi connectivity index (χ1v) is 9.45. The molecule has 0 radical (unpaired) electrons. The van der Waals surface area contributed by atoms with E-state index < -0.39 is 6.10 Å². The van der Waals surface area contributed by atoms with Gasteiger partial charge in [0, 0.05) is 12.2 Å². The number of aliphatic hydroxyl groups excluding tert-OH is 1. The van der Waals surface area contributed by atoms with Crippen LogP contribution in [0.1, 0.15) is 16.2 Å². The van der Waals surface area contributed by atoms with Crippen LogP contribution < -0.4 is 19.5 Å². The molecule has 30 heavy (non-hydrogen) atoms. The number of hydrogen-bond acceptors (Lipinski definition) is 6. The largest absolute Gasteiger partial charge is 0.493 e. The quantitative estimate of drug-likeness (QED) is 0.561. The van der Waals surface area contributed by atoms with Crippen LogP contribution in [0.25, 0.3) is 5.69 Å². The molecule has 8 heteroatoms. The van der Waals surface area contributed by atoms with E-state index in [9.17, 15) is 9.90 Å². The van der Waals surface area contributed by atoms with E-state index >= 15 is 0 Å². The molecule has 1 amide bonds. The predicted octanol–water partition coefficient (Wildman–Crippen LogP) is 2.37. The van der Waals surface area contributed by atoms with Crippen molar-refractivity contribution in [2.24, 2.45) is 0 Å². The maximum Gasteiger partial charge on any atom is 0.271 e. The van der Waals surface area contributed by atoms with Crippen molar-refractivity contribution in [1.29, 1.82) is 0 Å². The molecule has 1 atom stereocenters. The number of rotatable bonds is 9. The highest BCUT2D eigenvalue weighted by Gasteiger charge is 2.17. The lowest BCUT2D eigenvalue weighted by atomic mass is 10.3. The van der Waals surface area contributed by atoms with Crippen molar-refractivity contribution in [2.75, 3.05) is 27.4 Å². The second kappa shape index (κ2) is 9.80. The summed E-state index contributed by atoms with van der Waals surface area (Å²) in [4.78, 5) is 12.4. The minimum Gasteiger partial charge on any atom is -0.493 e. The van der Waals surface area contributed by atoms with Crippen molar-refractivity contribution >= 4 is 5.91 Å². The molecule has 1 unspecified atom stereocenters. The number of ether oxygens (including phenoxy) is 3. The molecular weight excluding hydrogens is 386 g/mol. The van der Waals surface area contributed by atoms with Crippen LogP contribution in [-0.2, 0) is 0 Å². The van der Waals surface area contributed by atoms with Gasteiger partial charge in [-0.1, -0.05) is 24.3 Å². The van der Waals surface area contributed by atoms with Gasteiger partial charge in [0.2, 0.25) is 5.75 Å². The number of carbonyl (C=O) groups is 1. The van der Waals surface area contributed by atoms with Gasteiger partial charge >= 0.3 is 0 Å². The predicted molar refractivity (Wildman–Crippen MR) is 112 cm³/mol. The fourth-order valence-electron chi connectivity index (χ4n) is 2.91. The zero-order chi connectivity index (χ0) is 21.5. The van der Waals surface area contributed by atoms with Crippen molar-refractivity contribution < 1.29 is 24.1 Å². The summed E-state index contributed by atoms with van der Waals surface area (Å²) in [6.07, 6.45) is -0.930. The summed E-state index contributed by atoms with van der Waals surface area (Å²) in [5.74, 6) is 1.01. The summed E-state index contributed by atoms with van der Waals surface area (Å²) in [5.41, 5.74) is 1.97. The fourth-order valence-corrected chi connectivity index (χ4v) is 2.91. The molecule has 3 rings (SSSR count). The number of carbonyl (C=O) groups excluding carboxylic acids is 1. The standard InChI is InChI=1S/C22H25N3O5/c1-15-12-18(24-25(15)16-8-5-4-6-9-16)22(27)23-13-17(26)14-30-21-19(28-2)10-7-11-20(21)29-3/h4-12,17,26H,13-14H2,1-3H3,(H,23,27). The first kappa shape index (κ1) is 21.2. The summed E-state index contributed by atoms with van der Waals surface area (Å²) < 4.78 is 17.9. The first-order chi connectivity index (χ1) is 14.5. The average Bonchev–Trinajstić information content (AvgIpc) is 3.17. The van der Waals surface area contributed by atoms with Crippen molar-refractivity contribution in [3.63, 3.8) is 0 Å². The molecular formula is C22H25N3O5. The summed E-state index contributed by atoms with van der Waals surface area (Å²) in [6.45, 7) is 1.84. The molecule has 2 N–H and O–H groups in total. The molecule has 0 fully saturated rings. The Hall–Kier alpha value is -3.52. The minimum atomic E-state index is -0.930. The van der Waals surface area contributed by atoms with Gasteiger partial charge in [0.15, 0.2) is 17.2 Å². The first-order valence-electron chi connectivity index (χ1n) is 9.45. The molecule has 0 saturated carbocycles. The third-order valence-corrected chi connectivity index (χ3v) is 4.42. The highest BCUT2D eigenvalue weighted by atomic mass is 16.5. The second-order valence-corrected chi connectivity index (χ2v) is 6.58. The van der Waals surface area contributed by atoms with Gasteiger partial charge in [-0.3, -0.25) is 4.79 Å². The Morgan fingerprint density at radius 1 is 1.10 bits per heavy atom. The van der Waals surface area contributed by atoms with Gasteiger partial charge in [-0.25, -0.2) is 4.68 Å². The fraction of sp³-hybridized carbons (Fsp3) is 0.273. The third-order valence-electron chi connectivity index (χ3n) is 4.42. The van der Waals surface area contributed by atoms with E-state index in [1.807, 2.05) is 37.3 Å². The van der Waals surface area contributed by atoms with E-state index in [4.69, 9.17) is 14.2 Å². The number of nitrogens with zero attached hydrogens (tertiary/aromatic N) is 2. The second-order valence-electron chi connectivity index (χ2n) is 6.58. The van der Waals surface area contributed by atoms with E-state index in [1.54, 1.807) is 28.9 Å². The number of amides is 1. The normalized spacial score (nSPS) is 11.6. The maximum atomic E-state index is 12.4. The molecule has 0 spiro atoms. The van der Waals surface area contributed by atoms with E-state index in [2.05, 4.69) is 10.4 Å². The third kappa shape index (κ3) is 4.90. The molecule has 0 aliphatic heterocycles. The van der Waals surface area contributed by atoms with E-state index in [1.165, 1.54) is 14.2 Å². The Morgan fingerprint density at radius 3 is 2.40 bits per heavy atom. The minimum absolute atomic E-state index is 0.00748. The molecule has 8 nitrogen and oxygen atoms in total. The van der Waals surface area contributed by atoms with Crippen LogP contribution >= 0.6 is 0 Å². The van der Waals surface area contributed by atoms with Crippen LogP contribution in [-0.4, -0.2) is 54.3 Å². The molecule has 0 saturated heterocycles. The maximum absolute atomic E-state index is 12.4. The number of hydrogen-bond donors (Lipinski definition) is 2. The highest BCUT2D eigenvalue weighted by molar-refractivity contribution is 5.92. The Labute approximate surface area is 175 Å². The zero-order valence-corrected chi connectivity index (χ0v) is 17.2. The van der Waals surface area contributed by atoms with Crippen molar-refractivity contribution in [1.82, 2.24) is 15.1 Å². The zero-order valence-electron chi connectivity index (χ0n) is 17.2. The van der Waals surface area contributed by atoms with Gasteiger partial charge in [-0.2, -0.15) is 5.10 Å². The topological polar surface area (TPSA) is 94.8 Å². The summed E-state index contributed by atoms with van der Waals surface area (Å²) in [6, 6.07) is 16.5. The Kier molecular flexibility index (Phi) is 6.92. The Bertz CT molecular complexity index is 965. The molecule has 0 bridgehead atoms. The lowest BCUT2D eigenvalue weighted by molar-refractivity contribution is 0.0829. The van der Waals surface area contributed by atoms with Gasteiger partial charge in [0.25, 0.3) is 5.91 Å². The SMILES string of the molecule is COc1cccc(OC)c1OCC(O)CNC(=O)c1cc(C)n(-c2ccccc2)n1. The molecule has 2 aromatic carbocycles. The number of nitrogens with one attached hydrogen (secondary N) is 1. The smallest absolute Gasteiger partial charge is 0.271 e.